The van der Waals surface area contributed by atoms with Crippen molar-refractivity contribution in [1.29, 1.82) is 0 Å². The van der Waals surface area contributed by atoms with E-state index >= 15 is 0 Å². The Morgan fingerprint density at radius 2 is 2.21 bits per heavy atom. The van der Waals surface area contributed by atoms with Gasteiger partial charge < -0.3 is 0 Å². The minimum absolute atomic E-state index is 0.256. The monoisotopic (exact) mass is 194 g/mol. The van der Waals surface area contributed by atoms with Crippen LogP contribution < -0.4 is 0 Å². The third-order valence-corrected chi connectivity index (χ3v) is 3.67. The average molecular weight is 194 g/mol. The molecule has 2 aliphatic heterocycles. The molecule has 2 heterocycles. The maximum absolute atomic E-state index is 8.41. The Hall–Kier alpha value is -0.730. The normalized spacial score (nSPS) is 38.5. The molecule has 78 valence electrons. The molecule has 2 saturated heterocycles. The molecule has 2 aliphatic rings. The van der Waals surface area contributed by atoms with E-state index in [4.69, 9.17) is 5.53 Å². The molecule has 0 bridgehead atoms. The van der Waals surface area contributed by atoms with Crippen molar-refractivity contribution >= 4 is 0 Å². The van der Waals surface area contributed by atoms with Crippen molar-refractivity contribution in [3.8, 4) is 0 Å². The van der Waals surface area contributed by atoms with Gasteiger partial charge in [0.15, 0.2) is 0 Å². The molecular formula is C10H18N4. The zero-order valence-corrected chi connectivity index (χ0v) is 8.76. The molecule has 0 saturated carbocycles. The molecule has 0 amide bonds. The predicted molar refractivity (Wildman–Crippen MR) is 56.0 cm³/mol. The highest BCUT2D eigenvalue weighted by atomic mass is 15.2. The zero-order chi connectivity index (χ0) is 9.97. The minimum Gasteiger partial charge on any atom is -0.298 e. The first kappa shape index (κ1) is 9.81. The Labute approximate surface area is 84.9 Å². The standard InChI is InChI=1S/C10H18N4/c1-8-3-2-4-10-7-9(12-13-11)5-6-14(8)10/h8-10H,2-7H2,1H3. The number of fused-ring (bicyclic) bond motifs is 1. The summed E-state index contributed by atoms with van der Waals surface area (Å²) in [7, 11) is 0. The smallest absolute Gasteiger partial charge is 0.0401 e. The molecule has 0 radical (unpaired) electrons. The van der Waals surface area contributed by atoms with Crippen molar-refractivity contribution in [2.24, 2.45) is 5.11 Å². The lowest BCUT2D eigenvalue weighted by Gasteiger charge is -2.45. The van der Waals surface area contributed by atoms with Gasteiger partial charge in [-0.25, -0.2) is 0 Å². The van der Waals surface area contributed by atoms with Gasteiger partial charge in [0, 0.05) is 23.0 Å². The molecule has 0 spiro atoms. The molecule has 14 heavy (non-hydrogen) atoms. The highest BCUT2D eigenvalue weighted by Crippen LogP contribution is 2.31. The van der Waals surface area contributed by atoms with E-state index in [1.165, 1.54) is 19.3 Å². The van der Waals surface area contributed by atoms with Crippen LogP contribution in [0.2, 0.25) is 0 Å². The first-order chi connectivity index (χ1) is 6.81. The predicted octanol–water partition coefficient (Wildman–Crippen LogP) is 2.70. The Balaban J connectivity index is 1.99. The lowest BCUT2D eigenvalue weighted by molar-refractivity contribution is 0.0538. The highest BCUT2D eigenvalue weighted by molar-refractivity contribution is 4.90. The van der Waals surface area contributed by atoms with Crippen LogP contribution in [0.3, 0.4) is 0 Å². The van der Waals surface area contributed by atoms with Crippen molar-refractivity contribution in [2.75, 3.05) is 6.54 Å². The quantitative estimate of drug-likeness (QED) is 0.359. The summed E-state index contributed by atoms with van der Waals surface area (Å²) in [4.78, 5) is 5.53. The zero-order valence-electron chi connectivity index (χ0n) is 8.76. The SMILES string of the molecule is CC1CCCC2CC(N=[N+]=[N-])CCN12. The van der Waals surface area contributed by atoms with Crippen molar-refractivity contribution < 1.29 is 0 Å². The summed E-state index contributed by atoms with van der Waals surface area (Å²) in [5.41, 5.74) is 8.41. The van der Waals surface area contributed by atoms with Gasteiger partial charge in [0.05, 0.1) is 0 Å². The summed E-state index contributed by atoms with van der Waals surface area (Å²) in [6.07, 6.45) is 6.09. The van der Waals surface area contributed by atoms with Crippen LogP contribution in [0.1, 0.15) is 39.0 Å². The van der Waals surface area contributed by atoms with Gasteiger partial charge in [-0.05, 0) is 44.7 Å². The van der Waals surface area contributed by atoms with E-state index in [-0.39, 0.29) is 6.04 Å². The topological polar surface area (TPSA) is 52.0 Å². The second-order valence-corrected chi connectivity index (χ2v) is 4.55. The Bertz CT molecular complexity index is 247. The van der Waals surface area contributed by atoms with Crippen molar-refractivity contribution in [3.05, 3.63) is 10.4 Å². The van der Waals surface area contributed by atoms with Gasteiger partial charge in [0.2, 0.25) is 0 Å². The fourth-order valence-electron chi connectivity index (χ4n) is 2.90. The Morgan fingerprint density at radius 1 is 1.36 bits per heavy atom. The Morgan fingerprint density at radius 3 is 3.00 bits per heavy atom. The summed E-state index contributed by atoms with van der Waals surface area (Å²) in [6.45, 7) is 3.44. The molecule has 4 heteroatoms. The van der Waals surface area contributed by atoms with Crippen LogP contribution in [0.15, 0.2) is 5.11 Å². The third kappa shape index (κ3) is 1.86. The number of rotatable bonds is 1. The largest absolute Gasteiger partial charge is 0.298 e. The van der Waals surface area contributed by atoms with E-state index in [1.807, 2.05) is 0 Å². The van der Waals surface area contributed by atoms with Crippen LogP contribution in [-0.2, 0) is 0 Å². The molecule has 0 aromatic carbocycles. The molecule has 3 atom stereocenters. The first-order valence-corrected chi connectivity index (χ1v) is 5.61. The highest BCUT2D eigenvalue weighted by Gasteiger charge is 2.33. The molecule has 0 aromatic rings. The van der Waals surface area contributed by atoms with Crippen LogP contribution in [0, 0.1) is 0 Å². The summed E-state index contributed by atoms with van der Waals surface area (Å²) in [6, 6.07) is 1.68. The number of azide groups is 1. The minimum atomic E-state index is 0.256. The maximum Gasteiger partial charge on any atom is 0.0401 e. The average Bonchev–Trinajstić information content (AvgIpc) is 2.18. The summed E-state index contributed by atoms with van der Waals surface area (Å²) >= 11 is 0. The van der Waals surface area contributed by atoms with E-state index in [2.05, 4.69) is 21.8 Å². The van der Waals surface area contributed by atoms with Gasteiger partial charge in [0.25, 0.3) is 0 Å². The fourth-order valence-corrected chi connectivity index (χ4v) is 2.90. The molecule has 2 fully saturated rings. The fraction of sp³-hybridized carbons (Fsp3) is 1.00. The van der Waals surface area contributed by atoms with Crippen molar-refractivity contribution in [3.63, 3.8) is 0 Å². The van der Waals surface area contributed by atoms with Crippen LogP contribution in [-0.4, -0.2) is 29.6 Å². The molecule has 2 rings (SSSR count). The number of hydrogen-bond donors (Lipinski definition) is 0. The van der Waals surface area contributed by atoms with E-state index < -0.39 is 0 Å². The van der Waals surface area contributed by atoms with E-state index in [0.717, 1.165) is 25.4 Å². The molecule has 0 aromatic heterocycles. The van der Waals surface area contributed by atoms with Crippen LogP contribution in [0.25, 0.3) is 10.4 Å². The lowest BCUT2D eigenvalue weighted by atomic mass is 9.87. The molecule has 3 unspecified atom stereocenters. The Kier molecular flexibility index (Phi) is 2.94. The van der Waals surface area contributed by atoms with Crippen LogP contribution >= 0.6 is 0 Å². The van der Waals surface area contributed by atoms with Gasteiger partial charge in [-0.15, -0.1) is 0 Å². The number of hydrogen-bond acceptors (Lipinski definition) is 2. The molecular weight excluding hydrogens is 176 g/mol. The van der Waals surface area contributed by atoms with E-state index in [0.29, 0.717) is 6.04 Å². The molecule has 0 aliphatic carbocycles. The number of piperidine rings is 2. The van der Waals surface area contributed by atoms with Crippen LogP contribution in [0.5, 0.6) is 0 Å². The second kappa shape index (κ2) is 4.20. The van der Waals surface area contributed by atoms with Crippen LogP contribution in [0.4, 0.5) is 0 Å². The molecule has 4 nitrogen and oxygen atoms in total. The third-order valence-electron chi connectivity index (χ3n) is 3.67. The van der Waals surface area contributed by atoms with E-state index in [1.54, 1.807) is 0 Å². The van der Waals surface area contributed by atoms with Crippen molar-refractivity contribution in [2.45, 2.75) is 57.2 Å². The summed E-state index contributed by atoms with van der Waals surface area (Å²) < 4.78 is 0. The van der Waals surface area contributed by atoms with Gasteiger partial charge >= 0.3 is 0 Å². The van der Waals surface area contributed by atoms with Gasteiger partial charge in [0.1, 0.15) is 0 Å². The number of nitrogens with zero attached hydrogens (tertiary/aromatic N) is 4. The molecule has 0 N–H and O–H groups in total. The maximum atomic E-state index is 8.41. The lowest BCUT2D eigenvalue weighted by Crippen LogP contribution is -2.50. The second-order valence-electron chi connectivity index (χ2n) is 4.55. The van der Waals surface area contributed by atoms with Gasteiger partial charge in [-0.3, -0.25) is 4.90 Å². The van der Waals surface area contributed by atoms with Gasteiger partial charge in [-0.2, -0.15) is 0 Å². The van der Waals surface area contributed by atoms with E-state index in [9.17, 15) is 0 Å². The summed E-state index contributed by atoms with van der Waals surface area (Å²) in [5.74, 6) is 0. The summed E-state index contributed by atoms with van der Waals surface area (Å²) in [5, 5.41) is 3.85. The first-order valence-electron chi connectivity index (χ1n) is 5.61. The van der Waals surface area contributed by atoms with Crippen molar-refractivity contribution in [1.82, 2.24) is 4.90 Å². The van der Waals surface area contributed by atoms with Gasteiger partial charge in [-0.1, -0.05) is 11.5 Å².